The van der Waals surface area contributed by atoms with Crippen LogP contribution in [0.2, 0.25) is 0 Å². The first-order valence-electron chi connectivity index (χ1n) is 9.94. The van der Waals surface area contributed by atoms with Crippen LogP contribution in [-0.2, 0) is 42.4 Å². The van der Waals surface area contributed by atoms with Gasteiger partial charge in [0, 0.05) is 30.4 Å². The Morgan fingerprint density at radius 2 is 1.93 bits per heavy atom. The van der Waals surface area contributed by atoms with Gasteiger partial charge in [0.05, 0.1) is 11.4 Å². The minimum Gasteiger partial charge on any atom is -0.459 e. The molecule has 0 radical (unpaired) electrons. The summed E-state index contributed by atoms with van der Waals surface area (Å²) in [6.45, 7) is 4.13. The van der Waals surface area contributed by atoms with Crippen molar-refractivity contribution in [2.45, 2.75) is 52.6 Å². The van der Waals surface area contributed by atoms with Gasteiger partial charge in [0.1, 0.15) is 18.1 Å². The van der Waals surface area contributed by atoms with E-state index in [1.807, 2.05) is 30.3 Å². The van der Waals surface area contributed by atoms with E-state index in [1.54, 1.807) is 12.1 Å². The van der Waals surface area contributed by atoms with Gasteiger partial charge < -0.3 is 4.74 Å². The van der Waals surface area contributed by atoms with Crippen LogP contribution >= 0.6 is 0 Å². The van der Waals surface area contributed by atoms with E-state index in [1.165, 1.54) is 12.1 Å². The molecule has 0 fully saturated rings. The van der Waals surface area contributed by atoms with Gasteiger partial charge in [-0.2, -0.15) is 10.2 Å². The summed E-state index contributed by atoms with van der Waals surface area (Å²) in [5.41, 5.74) is 7.03. The summed E-state index contributed by atoms with van der Waals surface area (Å²) in [5.74, 6) is -0.512. The average Bonchev–Trinajstić information content (AvgIpc) is 3.36. The van der Waals surface area contributed by atoms with Gasteiger partial charge in [-0.05, 0) is 69.4 Å². The first-order chi connectivity index (χ1) is 13.9. The van der Waals surface area contributed by atoms with Crippen molar-refractivity contribution in [3.63, 3.8) is 0 Å². The molecule has 1 aliphatic carbocycles. The second kappa shape index (κ2) is 7.81. The quantitative estimate of drug-likeness (QED) is 0.598. The third-order valence-corrected chi connectivity index (χ3v) is 5.69. The van der Waals surface area contributed by atoms with Crippen molar-refractivity contribution in [1.82, 2.24) is 19.6 Å². The fourth-order valence-corrected chi connectivity index (χ4v) is 4.05. The second-order valence-electron chi connectivity index (χ2n) is 7.55. The van der Waals surface area contributed by atoms with Gasteiger partial charge in [-0.1, -0.05) is 0 Å². The number of rotatable bonds is 6. The molecule has 1 aromatic carbocycles. The minimum atomic E-state index is -0.272. The van der Waals surface area contributed by atoms with Gasteiger partial charge in [0.2, 0.25) is 0 Å². The molecule has 2 heterocycles. The highest BCUT2D eigenvalue weighted by Crippen LogP contribution is 2.28. The highest BCUT2D eigenvalue weighted by Gasteiger charge is 2.24. The van der Waals surface area contributed by atoms with Gasteiger partial charge in [0.15, 0.2) is 0 Å². The number of halogens is 1. The molecule has 4 rings (SSSR count). The molecule has 7 heteroatoms. The zero-order valence-electron chi connectivity index (χ0n) is 17.0. The van der Waals surface area contributed by atoms with Gasteiger partial charge >= 0.3 is 5.97 Å². The van der Waals surface area contributed by atoms with Crippen LogP contribution in [0.15, 0.2) is 24.3 Å². The summed E-state index contributed by atoms with van der Waals surface area (Å²) in [5, 5.41) is 9.04. The first kappa shape index (κ1) is 19.4. The Hall–Kier alpha value is -2.96. The van der Waals surface area contributed by atoms with Crippen LogP contribution < -0.4 is 0 Å². The van der Waals surface area contributed by atoms with Crippen molar-refractivity contribution in [2.24, 2.45) is 7.05 Å². The largest absolute Gasteiger partial charge is 0.459 e. The Morgan fingerprint density at radius 3 is 2.62 bits per heavy atom. The lowest BCUT2D eigenvalue weighted by molar-refractivity contribution is -0.145. The summed E-state index contributed by atoms with van der Waals surface area (Å²) in [4.78, 5) is 12.3. The van der Waals surface area contributed by atoms with E-state index < -0.39 is 0 Å². The highest BCUT2D eigenvalue weighted by atomic mass is 19.1. The Kier molecular flexibility index (Phi) is 5.22. The van der Waals surface area contributed by atoms with Crippen LogP contribution in [0.3, 0.4) is 0 Å². The van der Waals surface area contributed by atoms with E-state index in [4.69, 9.17) is 4.74 Å². The monoisotopic (exact) mass is 396 g/mol. The first-order valence-corrected chi connectivity index (χ1v) is 9.94. The molecule has 0 atom stereocenters. The molecule has 0 aliphatic heterocycles. The molecule has 0 amide bonds. The molecule has 3 aromatic rings. The molecular formula is C22H25FN4O2. The summed E-state index contributed by atoms with van der Waals surface area (Å²) >= 11 is 0. The maximum absolute atomic E-state index is 13.2. The number of esters is 1. The number of benzene rings is 1. The molecule has 0 N–H and O–H groups in total. The zero-order valence-corrected chi connectivity index (χ0v) is 17.0. The Balaban J connectivity index is 1.43. The predicted molar refractivity (Wildman–Crippen MR) is 106 cm³/mol. The van der Waals surface area contributed by atoms with Gasteiger partial charge in [-0.3, -0.25) is 9.48 Å². The van der Waals surface area contributed by atoms with E-state index in [9.17, 15) is 9.18 Å². The van der Waals surface area contributed by atoms with Crippen LogP contribution in [0.1, 0.15) is 46.7 Å². The molecule has 0 unspecified atom stereocenters. The molecular weight excluding hydrogens is 371 g/mol. The third kappa shape index (κ3) is 3.81. The smallest absolute Gasteiger partial charge is 0.306 e. The maximum atomic E-state index is 13.2. The third-order valence-electron chi connectivity index (χ3n) is 5.69. The number of hydrogen-bond acceptors (Lipinski definition) is 4. The van der Waals surface area contributed by atoms with E-state index in [0.29, 0.717) is 12.8 Å². The number of aromatic nitrogens is 4. The molecule has 29 heavy (non-hydrogen) atoms. The maximum Gasteiger partial charge on any atom is 0.306 e. The predicted octanol–water partition coefficient (Wildman–Crippen LogP) is 3.53. The van der Waals surface area contributed by atoms with Crippen LogP contribution in [0.4, 0.5) is 4.39 Å². The summed E-state index contributed by atoms with van der Waals surface area (Å²) in [6.07, 6.45) is 3.83. The molecule has 1 aliphatic rings. The summed E-state index contributed by atoms with van der Waals surface area (Å²) in [6, 6.07) is 6.30. The molecule has 2 aromatic heterocycles. The van der Waals surface area contributed by atoms with Crippen molar-refractivity contribution in [3.05, 3.63) is 64.0 Å². The Labute approximate surface area is 169 Å². The fourth-order valence-electron chi connectivity index (χ4n) is 4.05. The van der Waals surface area contributed by atoms with Crippen LogP contribution in [0, 0.1) is 19.7 Å². The number of hydrogen-bond donors (Lipinski definition) is 0. The Morgan fingerprint density at radius 1 is 1.17 bits per heavy atom. The van der Waals surface area contributed by atoms with Crippen LogP contribution in [0.5, 0.6) is 0 Å². The lowest BCUT2D eigenvalue weighted by atomic mass is 10.1. The van der Waals surface area contributed by atoms with Crippen LogP contribution in [0.25, 0.3) is 5.69 Å². The number of carbonyl (C=O) groups is 1. The number of nitrogens with zero attached hydrogens (tertiary/aromatic N) is 4. The molecule has 0 saturated carbocycles. The van der Waals surface area contributed by atoms with Gasteiger partial charge in [0.25, 0.3) is 0 Å². The van der Waals surface area contributed by atoms with E-state index >= 15 is 0 Å². The van der Waals surface area contributed by atoms with Crippen LogP contribution in [-0.4, -0.2) is 25.5 Å². The van der Waals surface area contributed by atoms with E-state index in [-0.39, 0.29) is 18.4 Å². The summed E-state index contributed by atoms with van der Waals surface area (Å²) in [7, 11) is 1.90. The van der Waals surface area contributed by atoms with Crippen molar-refractivity contribution in [1.29, 1.82) is 0 Å². The van der Waals surface area contributed by atoms with E-state index in [0.717, 1.165) is 58.9 Å². The number of ether oxygens (including phenoxy) is 1. The zero-order chi connectivity index (χ0) is 20.5. The normalized spacial score (nSPS) is 13.0. The van der Waals surface area contributed by atoms with Crippen molar-refractivity contribution < 1.29 is 13.9 Å². The Bertz CT molecular complexity index is 1050. The topological polar surface area (TPSA) is 61.9 Å². The van der Waals surface area contributed by atoms with Crippen molar-refractivity contribution >= 4 is 5.97 Å². The lowest BCUT2D eigenvalue weighted by Crippen LogP contribution is -2.08. The highest BCUT2D eigenvalue weighted by molar-refractivity contribution is 5.69. The molecule has 0 spiro atoms. The van der Waals surface area contributed by atoms with Crippen molar-refractivity contribution in [2.75, 3.05) is 0 Å². The molecule has 0 saturated heterocycles. The van der Waals surface area contributed by atoms with Gasteiger partial charge in [-0.15, -0.1) is 0 Å². The second-order valence-corrected chi connectivity index (χ2v) is 7.55. The lowest BCUT2D eigenvalue weighted by Gasteiger charge is -2.06. The minimum absolute atomic E-state index is 0.167. The van der Waals surface area contributed by atoms with E-state index in [2.05, 4.69) is 10.2 Å². The number of carbonyl (C=O) groups excluding carboxylic acids is 1. The van der Waals surface area contributed by atoms with Gasteiger partial charge in [-0.25, -0.2) is 9.07 Å². The molecule has 0 bridgehead atoms. The molecule has 152 valence electrons. The molecule has 6 nitrogen and oxygen atoms in total. The summed E-state index contributed by atoms with van der Waals surface area (Å²) < 4.78 is 22.5. The SMILES string of the molecule is Cc1nn(C)c(C)c1CCC(=O)OCc1nn(-c2ccc(F)cc2)c2c1CCC2. The number of aryl methyl sites for hydroxylation is 2. The fraction of sp³-hybridized carbons (Fsp3) is 0.409. The standard InChI is InChI=1S/C22H25FN4O2/c1-14-18(15(2)26(3)24-14)11-12-22(28)29-13-20-19-5-4-6-21(19)27(25-20)17-9-7-16(23)8-10-17/h7-10H,4-6,11-13H2,1-3H3. The van der Waals surface area contributed by atoms with Crippen molar-refractivity contribution in [3.8, 4) is 5.69 Å². The average molecular weight is 396 g/mol. The number of fused-ring (bicyclic) bond motifs is 1.